The highest BCUT2D eigenvalue weighted by Gasteiger charge is 2.38. The van der Waals surface area contributed by atoms with Crippen molar-refractivity contribution in [2.75, 3.05) is 26.7 Å². The summed E-state index contributed by atoms with van der Waals surface area (Å²) in [6.45, 7) is 3.13. The molecule has 0 saturated carbocycles. The number of hydrogen-bond acceptors (Lipinski definition) is 11. The average Bonchev–Trinajstić information content (AvgIpc) is 3.65. The maximum Gasteiger partial charge on any atom is 0.470 e. The fourth-order valence-corrected chi connectivity index (χ4v) is 6.56. The minimum Gasteiger partial charge on any atom is -0.413 e. The highest BCUT2D eigenvalue weighted by atomic mass is 32.2. The molecule has 2 N–H and O–H groups in total. The minimum atomic E-state index is -4.73. The van der Waals surface area contributed by atoms with Crippen molar-refractivity contribution in [2.45, 2.75) is 33.1 Å². The summed E-state index contributed by atoms with van der Waals surface area (Å²) in [4.78, 5) is 19.8. The van der Waals surface area contributed by atoms with E-state index >= 15 is 0 Å². The molecule has 0 bridgehead atoms. The molecule has 0 aliphatic rings. The molecule has 0 radical (unpaired) electrons. The molecular formula is C33H34F3N7O6S2. The van der Waals surface area contributed by atoms with Gasteiger partial charge in [0, 0.05) is 18.0 Å². The second-order valence-corrected chi connectivity index (χ2v) is 15.0. The molecule has 3 aromatic heterocycles. The molecule has 5 rings (SSSR count). The SMILES string of the molecule is CCS(=O)(=O)N(Cc1ccc(-c2nnc(C(F)(F)F)o2)cn1)c1ccccc1.CCS(=O)(=O)N(Cc1ccc(C(=O)CN)cn1)c1ccccc1. The number of para-hydroxylation sites is 2. The largest absolute Gasteiger partial charge is 0.470 e. The van der Waals surface area contributed by atoms with Crippen LogP contribution >= 0.6 is 0 Å². The van der Waals surface area contributed by atoms with Crippen molar-refractivity contribution < 1.29 is 39.2 Å². The Balaban J connectivity index is 0.000000233. The lowest BCUT2D eigenvalue weighted by Crippen LogP contribution is -2.32. The Labute approximate surface area is 293 Å². The van der Waals surface area contributed by atoms with E-state index in [-0.39, 0.29) is 48.4 Å². The van der Waals surface area contributed by atoms with Crippen LogP contribution in [0.1, 0.15) is 41.5 Å². The van der Waals surface area contributed by atoms with Crippen molar-refractivity contribution in [2.24, 2.45) is 5.73 Å². The third kappa shape index (κ3) is 10.2. The summed E-state index contributed by atoms with van der Waals surface area (Å²) in [5.74, 6) is -2.08. The number of alkyl halides is 3. The van der Waals surface area contributed by atoms with Crippen molar-refractivity contribution in [3.8, 4) is 11.5 Å². The number of anilines is 2. The van der Waals surface area contributed by atoms with Crippen LogP contribution in [-0.2, 0) is 39.3 Å². The Morgan fingerprint density at radius 2 is 1.22 bits per heavy atom. The third-order valence-corrected chi connectivity index (χ3v) is 10.7. The summed E-state index contributed by atoms with van der Waals surface area (Å²) in [5.41, 5.74) is 7.95. The molecule has 0 aliphatic carbocycles. The van der Waals surface area contributed by atoms with E-state index in [0.29, 0.717) is 28.3 Å². The van der Waals surface area contributed by atoms with Gasteiger partial charge in [-0.25, -0.2) is 16.8 Å². The zero-order valence-electron chi connectivity index (χ0n) is 27.4. The fraction of sp³-hybridized carbons (Fsp3) is 0.242. The first kappa shape index (κ1) is 38.6. The fourth-order valence-electron chi connectivity index (χ4n) is 4.39. The number of benzene rings is 2. The maximum absolute atomic E-state index is 12.6. The number of pyridine rings is 2. The number of carbonyl (C=O) groups is 1. The maximum atomic E-state index is 12.6. The van der Waals surface area contributed by atoms with Gasteiger partial charge < -0.3 is 10.2 Å². The van der Waals surface area contributed by atoms with E-state index in [2.05, 4.69) is 24.6 Å². The standard InChI is InChI=1S/C17H15F3N4O3S.C16H19N3O3S/c1-2-28(25,26)24(14-6-4-3-5-7-14)11-13-9-8-12(10-21-13)15-22-23-16(27-15)17(18,19)20;1-2-23(21,22)19(15-6-4-3-5-7-15)12-14-9-8-13(11-18-14)16(20)10-17/h3-10H,2,11H2,1H3;3-9,11H,2,10,12,17H2,1H3. The normalized spacial score (nSPS) is 11.7. The molecule has 0 amide bonds. The number of halogens is 3. The zero-order chi connectivity index (χ0) is 37.2. The first-order chi connectivity index (χ1) is 24.2. The number of nitrogens with two attached hydrogens (primary N) is 1. The van der Waals surface area contributed by atoms with E-state index in [1.807, 2.05) is 6.07 Å². The summed E-state index contributed by atoms with van der Waals surface area (Å²) in [6.07, 6.45) is -2.06. The van der Waals surface area contributed by atoms with Gasteiger partial charge >= 0.3 is 12.1 Å². The van der Waals surface area contributed by atoms with Crippen molar-refractivity contribution in [1.82, 2.24) is 20.2 Å². The smallest absolute Gasteiger partial charge is 0.413 e. The van der Waals surface area contributed by atoms with Crippen molar-refractivity contribution in [3.63, 3.8) is 0 Å². The Bertz CT molecular complexity index is 2100. The number of hydrogen-bond donors (Lipinski definition) is 1. The molecule has 0 spiro atoms. The van der Waals surface area contributed by atoms with Crippen LogP contribution in [-0.4, -0.2) is 60.8 Å². The number of carbonyl (C=O) groups excluding carboxylic acids is 1. The van der Waals surface area contributed by atoms with E-state index in [1.54, 1.807) is 73.7 Å². The van der Waals surface area contributed by atoms with Gasteiger partial charge in [-0.1, -0.05) is 36.4 Å². The lowest BCUT2D eigenvalue weighted by atomic mass is 10.2. The van der Waals surface area contributed by atoms with Crippen LogP contribution < -0.4 is 14.3 Å². The van der Waals surface area contributed by atoms with E-state index in [9.17, 15) is 34.8 Å². The third-order valence-electron chi connectivity index (χ3n) is 7.17. The number of ketones is 1. The summed E-state index contributed by atoms with van der Waals surface area (Å²) in [7, 11) is -7.00. The second kappa shape index (κ2) is 16.7. The van der Waals surface area contributed by atoms with Gasteiger partial charge in [0.25, 0.3) is 0 Å². The van der Waals surface area contributed by atoms with Gasteiger partial charge in [0.1, 0.15) is 0 Å². The monoisotopic (exact) mass is 745 g/mol. The van der Waals surface area contributed by atoms with Gasteiger partial charge in [0.05, 0.1) is 59.5 Å². The van der Waals surface area contributed by atoms with Gasteiger partial charge in [-0.15, -0.1) is 10.2 Å². The molecule has 0 unspecified atom stereocenters. The number of aromatic nitrogens is 4. The molecule has 0 atom stereocenters. The first-order valence-electron chi connectivity index (χ1n) is 15.3. The number of nitrogens with zero attached hydrogens (tertiary/aromatic N) is 6. The van der Waals surface area contributed by atoms with Gasteiger partial charge in [-0.3, -0.25) is 23.4 Å². The van der Waals surface area contributed by atoms with Crippen LogP contribution in [0.3, 0.4) is 0 Å². The Hall–Kier alpha value is -5.20. The topological polar surface area (TPSA) is 183 Å². The molecule has 13 nitrogen and oxygen atoms in total. The predicted molar refractivity (Wildman–Crippen MR) is 184 cm³/mol. The van der Waals surface area contributed by atoms with Gasteiger partial charge in [-0.2, -0.15) is 13.2 Å². The highest BCUT2D eigenvalue weighted by molar-refractivity contribution is 7.93. The summed E-state index contributed by atoms with van der Waals surface area (Å²) >= 11 is 0. The summed E-state index contributed by atoms with van der Waals surface area (Å²) in [5, 5.41) is 6.32. The molecule has 0 fully saturated rings. The Kier molecular flexibility index (Phi) is 12.6. The van der Waals surface area contributed by atoms with Gasteiger partial charge in [0.15, 0.2) is 5.78 Å². The summed E-state index contributed by atoms with van der Waals surface area (Å²) in [6, 6.07) is 23.6. The van der Waals surface area contributed by atoms with E-state index in [0.717, 1.165) is 0 Å². The number of sulfonamides is 2. The quantitative estimate of drug-likeness (QED) is 0.159. The van der Waals surface area contributed by atoms with Crippen molar-refractivity contribution >= 4 is 37.2 Å². The van der Waals surface area contributed by atoms with Crippen LogP contribution in [0.2, 0.25) is 0 Å². The van der Waals surface area contributed by atoms with Crippen LogP contribution in [0.25, 0.3) is 11.5 Å². The Morgan fingerprint density at radius 1 is 0.725 bits per heavy atom. The molecule has 18 heteroatoms. The van der Waals surface area contributed by atoms with E-state index in [4.69, 9.17) is 5.73 Å². The molecule has 2 aromatic carbocycles. The molecule has 51 heavy (non-hydrogen) atoms. The van der Waals surface area contributed by atoms with Crippen LogP contribution in [0.15, 0.2) is 102 Å². The molecule has 0 saturated heterocycles. The molecule has 270 valence electrons. The number of Topliss-reactive ketones (excluding diaryl/α,β-unsaturated/α-hetero) is 1. The van der Waals surface area contributed by atoms with Crippen molar-refractivity contribution in [1.29, 1.82) is 0 Å². The summed E-state index contributed by atoms with van der Waals surface area (Å²) < 4.78 is 94.4. The molecule has 3 heterocycles. The highest BCUT2D eigenvalue weighted by Crippen LogP contribution is 2.30. The van der Waals surface area contributed by atoms with Crippen molar-refractivity contribution in [3.05, 3.63) is 120 Å². The van der Waals surface area contributed by atoms with Crippen LogP contribution in [0, 0.1) is 0 Å². The average molecular weight is 746 g/mol. The van der Waals surface area contributed by atoms with Gasteiger partial charge in [-0.05, 0) is 62.4 Å². The minimum absolute atomic E-state index is 0.00830. The lowest BCUT2D eigenvalue weighted by molar-refractivity contribution is -0.156. The Morgan fingerprint density at radius 3 is 1.59 bits per heavy atom. The number of rotatable bonds is 13. The van der Waals surface area contributed by atoms with Crippen LogP contribution in [0.5, 0.6) is 0 Å². The molecular weight excluding hydrogens is 712 g/mol. The van der Waals surface area contributed by atoms with E-state index < -0.39 is 32.1 Å². The zero-order valence-corrected chi connectivity index (χ0v) is 29.1. The molecule has 0 aliphatic heterocycles. The second-order valence-electron chi connectivity index (χ2n) is 10.6. The molecule has 5 aromatic rings. The lowest BCUT2D eigenvalue weighted by Gasteiger charge is -2.23. The first-order valence-corrected chi connectivity index (χ1v) is 18.6. The van der Waals surface area contributed by atoms with Gasteiger partial charge in [0.2, 0.25) is 25.9 Å². The van der Waals surface area contributed by atoms with Crippen LogP contribution in [0.4, 0.5) is 24.5 Å². The van der Waals surface area contributed by atoms with E-state index in [1.165, 1.54) is 40.1 Å². The predicted octanol–water partition coefficient (Wildman–Crippen LogP) is 5.09.